The van der Waals surface area contributed by atoms with Crippen LogP contribution in [0.15, 0.2) is 24.7 Å². The summed E-state index contributed by atoms with van der Waals surface area (Å²) in [5.41, 5.74) is 1.11. The fraction of sp³-hybridized carbons (Fsp3) is 0.267. The summed E-state index contributed by atoms with van der Waals surface area (Å²) in [6, 6.07) is 2.89. The lowest BCUT2D eigenvalue weighted by Gasteiger charge is -2.19. The zero-order chi connectivity index (χ0) is 16.0. The number of imidazole rings is 1. The number of hydrogen-bond donors (Lipinski definition) is 0. The van der Waals surface area contributed by atoms with Crippen LogP contribution in [0.1, 0.15) is 12.8 Å². The first-order chi connectivity index (χ1) is 11.1. The average molecular weight is 336 g/mol. The summed E-state index contributed by atoms with van der Waals surface area (Å²) in [4.78, 5) is 11.6. The largest absolute Gasteiger partial charge is 0.311 e. The summed E-state index contributed by atoms with van der Waals surface area (Å²) >= 11 is 5.73. The Morgan fingerprint density at radius 1 is 1.04 bits per heavy atom. The maximum Gasteiger partial charge on any atom is 0.223 e. The van der Waals surface area contributed by atoms with Gasteiger partial charge in [0.2, 0.25) is 5.28 Å². The fourth-order valence-electron chi connectivity index (χ4n) is 2.89. The van der Waals surface area contributed by atoms with Crippen LogP contribution in [0.4, 0.5) is 8.78 Å². The minimum absolute atomic E-state index is 0.0278. The van der Waals surface area contributed by atoms with E-state index in [1.165, 1.54) is 6.07 Å². The van der Waals surface area contributed by atoms with E-state index >= 15 is 0 Å². The molecule has 0 spiro atoms. The standard InChI is InChI=1S/C15H12ClF2N5/c16-15-19-7-11(18)13(21-15)9-5-10(17)14-12(6-9)23(8-20-14)22-3-1-2-4-22/h5-8H,1-4H2. The molecule has 1 aliphatic rings. The molecular weight excluding hydrogens is 324 g/mol. The molecule has 23 heavy (non-hydrogen) atoms. The van der Waals surface area contributed by atoms with E-state index in [4.69, 9.17) is 11.6 Å². The van der Waals surface area contributed by atoms with Gasteiger partial charge in [-0.15, -0.1) is 0 Å². The highest BCUT2D eigenvalue weighted by molar-refractivity contribution is 6.28. The van der Waals surface area contributed by atoms with E-state index in [0.29, 0.717) is 11.1 Å². The minimum atomic E-state index is -0.652. The molecule has 3 aromatic rings. The van der Waals surface area contributed by atoms with Gasteiger partial charge in [0.15, 0.2) is 11.6 Å². The van der Waals surface area contributed by atoms with Crippen molar-refractivity contribution in [3.05, 3.63) is 41.6 Å². The lowest BCUT2D eigenvalue weighted by Crippen LogP contribution is -2.30. The Labute approximate surface area is 135 Å². The number of aromatic nitrogens is 4. The molecule has 0 unspecified atom stereocenters. The first-order valence-corrected chi connectivity index (χ1v) is 7.61. The number of halogens is 3. The Bertz CT molecular complexity index is 889. The van der Waals surface area contributed by atoms with E-state index in [1.54, 1.807) is 12.4 Å². The molecule has 8 heteroatoms. The summed E-state index contributed by atoms with van der Waals surface area (Å²) in [7, 11) is 0. The van der Waals surface area contributed by atoms with Gasteiger partial charge in [0, 0.05) is 18.7 Å². The van der Waals surface area contributed by atoms with E-state index in [-0.39, 0.29) is 16.5 Å². The van der Waals surface area contributed by atoms with Gasteiger partial charge in [-0.05, 0) is 36.6 Å². The second-order valence-electron chi connectivity index (χ2n) is 5.41. The Morgan fingerprint density at radius 3 is 2.61 bits per heavy atom. The molecule has 0 aliphatic carbocycles. The van der Waals surface area contributed by atoms with E-state index in [0.717, 1.165) is 32.1 Å². The average Bonchev–Trinajstić information content (AvgIpc) is 3.18. The Kier molecular flexibility index (Phi) is 3.37. The van der Waals surface area contributed by atoms with Gasteiger partial charge in [0.25, 0.3) is 0 Å². The van der Waals surface area contributed by atoms with Gasteiger partial charge in [-0.1, -0.05) is 0 Å². The molecule has 1 aliphatic heterocycles. The normalized spacial score (nSPS) is 14.8. The molecule has 2 aromatic heterocycles. The molecule has 118 valence electrons. The van der Waals surface area contributed by atoms with Crippen molar-refractivity contribution in [2.75, 3.05) is 18.1 Å². The zero-order valence-electron chi connectivity index (χ0n) is 12.0. The topological polar surface area (TPSA) is 46.8 Å². The second-order valence-corrected chi connectivity index (χ2v) is 5.75. The smallest absolute Gasteiger partial charge is 0.223 e. The Hall–Kier alpha value is -2.28. The molecule has 1 aromatic carbocycles. The lowest BCUT2D eigenvalue weighted by molar-refractivity contribution is 0.616. The maximum absolute atomic E-state index is 14.4. The number of fused-ring (bicyclic) bond motifs is 1. The van der Waals surface area contributed by atoms with Crippen LogP contribution in [0.3, 0.4) is 0 Å². The van der Waals surface area contributed by atoms with Crippen molar-refractivity contribution in [1.82, 2.24) is 19.6 Å². The predicted octanol–water partition coefficient (Wildman–Crippen LogP) is 3.16. The Morgan fingerprint density at radius 2 is 1.83 bits per heavy atom. The summed E-state index contributed by atoms with van der Waals surface area (Å²) in [6.45, 7) is 1.76. The van der Waals surface area contributed by atoms with Crippen molar-refractivity contribution in [3.8, 4) is 11.3 Å². The predicted molar refractivity (Wildman–Crippen MR) is 82.9 cm³/mol. The summed E-state index contributed by atoms with van der Waals surface area (Å²) in [6.07, 6.45) is 4.73. The lowest BCUT2D eigenvalue weighted by atomic mass is 10.1. The first-order valence-electron chi connectivity index (χ1n) is 7.24. The third-order valence-electron chi connectivity index (χ3n) is 3.96. The van der Waals surface area contributed by atoms with Crippen LogP contribution in [0.5, 0.6) is 0 Å². The summed E-state index contributed by atoms with van der Waals surface area (Å²) in [5.74, 6) is -1.18. The van der Waals surface area contributed by atoms with Crippen LogP contribution in [0.2, 0.25) is 5.28 Å². The highest BCUT2D eigenvalue weighted by Crippen LogP contribution is 2.28. The fourth-order valence-corrected chi connectivity index (χ4v) is 3.02. The van der Waals surface area contributed by atoms with Crippen LogP contribution < -0.4 is 5.01 Å². The number of nitrogens with zero attached hydrogens (tertiary/aromatic N) is 5. The van der Waals surface area contributed by atoms with Crippen molar-refractivity contribution in [2.24, 2.45) is 0 Å². The molecule has 0 amide bonds. The monoisotopic (exact) mass is 335 g/mol. The van der Waals surface area contributed by atoms with Crippen molar-refractivity contribution >= 4 is 22.6 Å². The van der Waals surface area contributed by atoms with Crippen molar-refractivity contribution < 1.29 is 8.78 Å². The highest BCUT2D eigenvalue weighted by Gasteiger charge is 2.19. The van der Waals surface area contributed by atoms with Gasteiger partial charge in [0.05, 0.1) is 11.7 Å². The molecule has 1 fully saturated rings. The van der Waals surface area contributed by atoms with Crippen LogP contribution in [-0.2, 0) is 0 Å². The molecular formula is C15H12ClF2N5. The molecule has 4 rings (SSSR count). The van der Waals surface area contributed by atoms with Gasteiger partial charge < -0.3 is 5.01 Å². The third-order valence-corrected chi connectivity index (χ3v) is 4.14. The van der Waals surface area contributed by atoms with Gasteiger partial charge in [-0.3, -0.25) is 0 Å². The highest BCUT2D eigenvalue weighted by atomic mass is 35.5. The van der Waals surface area contributed by atoms with Crippen molar-refractivity contribution in [2.45, 2.75) is 12.8 Å². The van der Waals surface area contributed by atoms with E-state index < -0.39 is 11.6 Å². The molecule has 0 N–H and O–H groups in total. The number of rotatable bonds is 2. The quantitative estimate of drug-likeness (QED) is 0.675. The van der Waals surface area contributed by atoms with Gasteiger partial charge in [0.1, 0.15) is 17.5 Å². The van der Waals surface area contributed by atoms with E-state index in [1.807, 2.05) is 4.68 Å². The van der Waals surface area contributed by atoms with Gasteiger partial charge in [-0.25, -0.2) is 28.4 Å². The van der Waals surface area contributed by atoms with Gasteiger partial charge >= 0.3 is 0 Å². The first kappa shape index (κ1) is 14.3. The summed E-state index contributed by atoms with van der Waals surface area (Å²) in [5, 5.41) is 2.00. The molecule has 0 atom stereocenters. The second kappa shape index (κ2) is 5.42. The number of hydrogen-bond acceptors (Lipinski definition) is 4. The zero-order valence-corrected chi connectivity index (χ0v) is 12.8. The molecule has 0 saturated carbocycles. The SMILES string of the molecule is Fc1cnc(Cl)nc1-c1cc(F)c2ncn(N3CCCC3)c2c1. The molecule has 5 nitrogen and oxygen atoms in total. The van der Waals surface area contributed by atoms with E-state index in [9.17, 15) is 8.78 Å². The van der Waals surface area contributed by atoms with Crippen molar-refractivity contribution in [3.63, 3.8) is 0 Å². The van der Waals surface area contributed by atoms with Gasteiger partial charge in [-0.2, -0.15) is 0 Å². The summed E-state index contributed by atoms with van der Waals surface area (Å²) < 4.78 is 30.2. The van der Waals surface area contributed by atoms with Crippen LogP contribution in [0.25, 0.3) is 22.3 Å². The molecule has 0 bridgehead atoms. The number of benzene rings is 1. The van der Waals surface area contributed by atoms with Crippen molar-refractivity contribution in [1.29, 1.82) is 0 Å². The minimum Gasteiger partial charge on any atom is -0.311 e. The van der Waals surface area contributed by atoms with E-state index in [2.05, 4.69) is 20.0 Å². The molecule has 0 radical (unpaired) electrons. The Balaban J connectivity index is 1.91. The van der Waals surface area contributed by atoms with Crippen LogP contribution >= 0.6 is 11.6 Å². The molecule has 1 saturated heterocycles. The van der Waals surface area contributed by atoms with Crippen LogP contribution in [-0.4, -0.2) is 32.7 Å². The van der Waals surface area contributed by atoms with Crippen LogP contribution in [0, 0.1) is 11.6 Å². The molecule has 3 heterocycles. The third kappa shape index (κ3) is 2.41. The maximum atomic E-state index is 14.4.